The highest BCUT2D eigenvalue weighted by molar-refractivity contribution is 5.83. The number of ether oxygens (including phenoxy) is 1. The zero-order chi connectivity index (χ0) is 14.9. The summed E-state index contributed by atoms with van der Waals surface area (Å²) in [4.78, 5) is 23.2. The van der Waals surface area contributed by atoms with E-state index >= 15 is 0 Å². The van der Waals surface area contributed by atoms with E-state index < -0.39 is 6.04 Å². The van der Waals surface area contributed by atoms with E-state index in [2.05, 4.69) is 16.0 Å². The average molecular weight is 273 g/mol. The minimum atomic E-state index is -0.395. The predicted molar refractivity (Wildman–Crippen MR) is 74.9 cm³/mol. The van der Waals surface area contributed by atoms with Gasteiger partial charge >= 0.3 is 0 Å². The van der Waals surface area contributed by atoms with Crippen LogP contribution in [0.5, 0.6) is 0 Å². The number of carbonyl (C=O) groups is 2. The van der Waals surface area contributed by atoms with Crippen LogP contribution in [-0.2, 0) is 14.3 Å². The summed E-state index contributed by atoms with van der Waals surface area (Å²) in [5, 5.41) is 8.49. The third-order valence-corrected chi connectivity index (χ3v) is 2.30. The van der Waals surface area contributed by atoms with Crippen LogP contribution in [0.25, 0.3) is 0 Å². The monoisotopic (exact) mass is 273 g/mol. The lowest BCUT2D eigenvalue weighted by Crippen LogP contribution is -2.49. The molecule has 0 spiro atoms. The van der Waals surface area contributed by atoms with Gasteiger partial charge in [-0.2, -0.15) is 0 Å². The second-order valence-electron chi connectivity index (χ2n) is 5.54. The summed E-state index contributed by atoms with van der Waals surface area (Å²) >= 11 is 0. The lowest BCUT2D eigenvalue weighted by Gasteiger charge is -2.21. The van der Waals surface area contributed by atoms with Gasteiger partial charge in [0.25, 0.3) is 0 Å². The molecule has 0 saturated carbocycles. The molecular formula is C13H27N3O3. The number of nitrogens with one attached hydrogen (secondary N) is 3. The van der Waals surface area contributed by atoms with Crippen LogP contribution in [0.4, 0.5) is 0 Å². The fourth-order valence-corrected chi connectivity index (χ4v) is 1.38. The number of carbonyl (C=O) groups excluding carboxylic acids is 2. The van der Waals surface area contributed by atoms with E-state index in [4.69, 9.17) is 4.74 Å². The van der Waals surface area contributed by atoms with Crippen molar-refractivity contribution in [2.24, 2.45) is 0 Å². The molecule has 6 nitrogen and oxygen atoms in total. The van der Waals surface area contributed by atoms with Crippen molar-refractivity contribution in [3.8, 4) is 0 Å². The Bertz CT molecular complexity index is 287. The number of methoxy groups -OCH3 is 1. The van der Waals surface area contributed by atoms with Gasteiger partial charge in [-0.05, 0) is 34.1 Å². The molecule has 3 N–H and O–H groups in total. The largest absolute Gasteiger partial charge is 0.385 e. The molecular weight excluding hydrogens is 246 g/mol. The first-order valence-corrected chi connectivity index (χ1v) is 6.57. The molecule has 19 heavy (non-hydrogen) atoms. The van der Waals surface area contributed by atoms with Crippen LogP contribution in [0.15, 0.2) is 0 Å². The highest BCUT2D eigenvalue weighted by Crippen LogP contribution is 1.97. The lowest BCUT2D eigenvalue weighted by molar-refractivity contribution is -0.123. The maximum atomic E-state index is 11.7. The first-order valence-electron chi connectivity index (χ1n) is 6.57. The summed E-state index contributed by atoms with van der Waals surface area (Å²) in [5.74, 6) is -0.230. The third-order valence-electron chi connectivity index (χ3n) is 2.30. The van der Waals surface area contributed by atoms with Crippen molar-refractivity contribution < 1.29 is 14.3 Å². The van der Waals surface area contributed by atoms with E-state index in [0.717, 1.165) is 6.42 Å². The van der Waals surface area contributed by atoms with Gasteiger partial charge in [-0.15, -0.1) is 0 Å². The number of amides is 2. The Morgan fingerprint density at radius 2 is 1.89 bits per heavy atom. The number of rotatable bonds is 8. The Morgan fingerprint density at radius 1 is 1.26 bits per heavy atom. The molecule has 0 saturated heterocycles. The second-order valence-corrected chi connectivity index (χ2v) is 5.54. The minimum absolute atomic E-state index is 0.111. The van der Waals surface area contributed by atoms with Crippen LogP contribution >= 0.6 is 0 Å². The van der Waals surface area contributed by atoms with Gasteiger partial charge < -0.3 is 15.4 Å². The van der Waals surface area contributed by atoms with Gasteiger partial charge in [0.05, 0.1) is 12.6 Å². The first-order chi connectivity index (χ1) is 8.76. The first kappa shape index (κ1) is 17.9. The minimum Gasteiger partial charge on any atom is -0.385 e. The van der Waals surface area contributed by atoms with E-state index in [9.17, 15) is 9.59 Å². The van der Waals surface area contributed by atoms with Crippen LogP contribution in [0.3, 0.4) is 0 Å². The highest BCUT2D eigenvalue weighted by atomic mass is 16.5. The molecule has 0 aliphatic heterocycles. The molecule has 0 aromatic carbocycles. The maximum Gasteiger partial charge on any atom is 0.236 e. The summed E-state index contributed by atoms with van der Waals surface area (Å²) in [6.45, 7) is 8.80. The molecule has 112 valence electrons. The van der Waals surface area contributed by atoms with Gasteiger partial charge in [-0.3, -0.25) is 14.9 Å². The zero-order valence-electron chi connectivity index (χ0n) is 12.6. The van der Waals surface area contributed by atoms with Crippen LogP contribution < -0.4 is 16.0 Å². The quantitative estimate of drug-likeness (QED) is 0.545. The summed E-state index contributed by atoms with van der Waals surface area (Å²) < 4.78 is 4.89. The normalized spacial score (nSPS) is 12.9. The van der Waals surface area contributed by atoms with Gasteiger partial charge in [-0.25, -0.2) is 0 Å². The smallest absolute Gasteiger partial charge is 0.236 e. The fourth-order valence-electron chi connectivity index (χ4n) is 1.38. The summed E-state index contributed by atoms with van der Waals surface area (Å²) in [6, 6.07) is -0.395. The van der Waals surface area contributed by atoms with Crippen molar-refractivity contribution in [3.05, 3.63) is 0 Å². The summed E-state index contributed by atoms with van der Waals surface area (Å²) in [5.41, 5.74) is -0.260. The van der Waals surface area contributed by atoms with Gasteiger partial charge in [0.15, 0.2) is 0 Å². The van der Waals surface area contributed by atoms with Crippen molar-refractivity contribution in [3.63, 3.8) is 0 Å². The number of hydrogen-bond acceptors (Lipinski definition) is 4. The van der Waals surface area contributed by atoms with Crippen molar-refractivity contribution >= 4 is 11.8 Å². The van der Waals surface area contributed by atoms with Crippen LogP contribution in [-0.4, -0.2) is 50.2 Å². The van der Waals surface area contributed by atoms with Crippen molar-refractivity contribution in [2.45, 2.75) is 45.7 Å². The Hall–Kier alpha value is -1.14. The molecule has 0 heterocycles. The van der Waals surface area contributed by atoms with Crippen LogP contribution in [0.2, 0.25) is 0 Å². The molecule has 0 bridgehead atoms. The number of hydrogen-bond donors (Lipinski definition) is 3. The Kier molecular flexibility index (Phi) is 8.34. The Balaban J connectivity index is 3.81. The standard InChI is InChI=1S/C13H27N3O3/c1-10(12(18)14-7-6-8-19-5)15-9-11(17)16-13(2,3)4/h10,15H,6-9H2,1-5H3,(H,14,18)(H,16,17). The maximum absolute atomic E-state index is 11.7. The van der Waals surface area contributed by atoms with E-state index in [-0.39, 0.29) is 23.9 Å². The molecule has 1 unspecified atom stereocenters. The molecule has 0 rings (SSSR count). The van der Waals surface area contributed by atoms with Crippen LogP contribution in [0.1, 0.15) is 34.1 Å². The highest BCUT2D eigenvalue weighted by Gasteiger charge is 2.16. The Labute approximate surface area is 115 Å². The SMILES string of the molecule is COCCCNC(=O)C(C)NCC(=O)NC(C)(C)C. The molecule has 0 aromatic rings. The second kappa shape index (κ2) is 8.87. The van der Waals surface area contributed by atoms with E-state index in [1.165, 1.54) is 0 Å². The van der Waals surface area contributed by atoms with Gasteiger partial charge in [-0.1, -0.05) is 0 Å². The van der Waals surface area contributed by atoms with Crippen molar-refractivity contribution in [2.75, 3.05) is 26.8 Å². The zero-order valence-corrected chi connectivity index (χ0v) is 12.6. The third kappa shape index (κ3) is 10.5. The molecule has 0 aliphatic rings. The molecule has 6 heteroatoms. The molecule has 0 fully saturated rings. The summed E-state index contributed by atoms with van der Waals surface area (Å²) in [6.07, 6.45) is 0.777. The average Bonchev–Trinajstić information content (AvgIpc) is 2.29. The van der Waals surface area contributed by atoms with Gasteiger partial charge in [0.2, 0.25) is 11.8 Å². The predicted octanol–water partition coefficient (Wildman–Crippen LogP) is 0.0319. The fraction of sp³-hybridized carbons (Fsp3) is 0.846. The van der Waals surface area contributed by atoms with Crippen molar-refractivity contribution in [1.29, 1.82) is 0 Å². The van der Waals surface area contributed by atoms with Gasteiger partial charge in [0.1, 0.15) is 0 Å². The molecule has 0 radical (unpaired) electrons. The van der Waals surface area contributed by atoms with Gasteiger partial charge in [0, 0.05) is 25.8 Å². The summed E-state index contributed by atoms with van der Waals surface area (Å²) in [7, 11) is 1.62. The molecule has 0 aliphatic carbocycles. The van der Waals surface area contributed by atoms with E-state index in [0.29, 0.717) is 13.2 Å². The molecule has 0 aromatic heterocycles. The van der Waals surface area contributed by atoms with E-state index in [1.807, 2.05) is 20.8 Å². The molecule has 2 amide bonds. The molecule has 1 atom stereocenters. The topological polar surface area (TPSA) is 79.5 Å². The lowest BCUT2D eigenvalue weighted by atomic mass is 10.1. The van der Waals surface area contributed by atoms with E-state index in [1.54, 1.807) is 14.0 Å². The van der Waals surface area contributed by atoms with Crippen molar-refractivity contribution in [1.82, 2.24) is 16.0 Å². The Morgan fingerprint density at radius 3 is 2.42 bits per heavy atom. The van der Waals surface area contributed by atoms with Crippen LogP contribution in [0, 0.1) is 0 Å².